The van der Waals surface area contributed by atoms with Crippen molar-refractivity contribution in [3.05, 3.63) is 11.6 Å². The zero-order valence-corrected chi connectivity index (χ0v) is 6.19. The Bertz CT molecular complexity index is 127. The van der Waals surface area contributed by atoms with Crippen LogP contribution in [0.5, 0.6) is 0 Å². The van der Waals surface area contributed by atoms with E-state index in [0.29, 0.717) is 6.54 Å². The number of carbonyl (C=O) groups is 1. The maximum atomic E-state index is 10.3. The topological polar surface area (TPSA) is 29.1 Å². The summed E-state index contributed by atoms with van der Waals surface area (Å²) in [6.07, 6.45) is 1.98. The van der Waals surface area contributed by atoms with Crippen LogP contribution in [0.15, 0.2) is 11.6 Å². The second-order valence-corrected chi connectivity index (χ2v) is 2.04. The third-order valence-electron chi connectivity index (χ3n) is 1.11. The molecular formula is C7H13NO. The lowest BCUT2D eigenvalue weighted by molar-refractivity contribution is -0.118. The van der Waals surface area contributed by atoms with E-state index >= 15 is 0 Å². The quantitative estimate of drug-likeness (QED) is 0.553. The van der Waals surface area contributed by atoms with Crippen LogP contribution in [0, 0.1) is 0 Å². The van der Waals surface area contributed by atoms with Crippen molar-refractivity contribution in [3.63, 3.8) is 0 Å². The first-order valence-electron chi connectivity index (χ1n) is 3.03. The summed E-state index contributed by atoms with van der Waals surface area (Å²) in [6, 6.07) is 0. The number of hydrogen-bond acceptors (Lipinski definition) is 1. The van der Waals surface area contributed by atoms with Crippen LogP contribution in [-0.2, 0) is 4.79 Å². The number of nitrogens with one attached hydrogen (secondary N) is 1. The van der Waals surface area contributed by atoms with Crippen LogP contribution in [0.4, 0.5) is 0 Å². The number of hydrogen-bond donors (Lipinski definition) is 1. The lowest BCUT2D eigenvalue weighted by Crippen LogP contribution is -2.21. The standard InChI is InChI=1S/C7H13NO/c1-4-6(2)5-8-7(3)9/h4H,5H2,1-3H3,(H,8,9). The summed E-state index contributed by atoms with van der Waals surface area (Å²) >= 11 is 0. The Hall–Kier alpha value is -0.790. The molecule has 0 saturated heterocycles. The average Bonchev–Trinajstić information content (AvgIpc) is 1.83. The minimum Gasteiger partial charge on any atom is -0.353 e. The van der Waals surface area contributed by atoms with Crippen molar-refractivity contribution < 1.29 is 4.79 Å². The molecule has 52 valence electrons. The van der Waals surface area contributed by atoms with Gasteiger partial charge in [-0.15, -0.1) is 0 Å². The van der Waals surface area contributed by atoms with Crippen molar-refractivity contribution in [1.82, 2.24) is 5.32 Å². The first-order chi connectivity index (χ1) is 4.16. The fourth-order valence-corrected chi connectivity index (χ4v) is 0.366. The van der Waals surface area contributed by atoms with E-state index in [-0.39, 0.29) is 5.91 Å². The van der Waals surface area contributed by atoms with E-state index in [9.17, 15) is 4.79 Å². The Morgan fingerprint density at radius 3 is 2.44 bits per heavy atom. The van der Waals surface area contributed by atoms with Crippen molar-refractivity contribution in [2.75, 3.05) is 6.54 Å². The van der Waals surface area contributed by atoms with Gasteiger partial charge in [-0.3, -0.25) is 4.79 Å². The van der Waals surface area contributed by atoms with Crippen LogP contribution in [-0.4, -0.2) is 12.5 Å². The molecule has 0 radical (unpaired) electrons. The third-order valence-corrected chi connectivity index (χ3v) is 1.11. The van der Waals surface area contributed by atoms with Gasteiger partial charge in [0.15, 0.2) is 0 Å². The Morgan fingerprint density at radius 2 is 2.11 bits per heavy atom. The second-order valence-electron chi connectivity index (χ2n) is 2.04. The fraction of sp³-hybridized carbons (Fsp3) is 0.571. The van der Waals surface area contributed by atoms with Gasteiger partial charge >= 0.3 is 0 Å². The highest BCUT2D eigenvalue weighted by Crippen LogP contribution is 1.86. The van der Waals surface area contributed by atoms with E-state index in [0.717, 1.165) is 0 Å². The van der Waals surface area contributed by atoms with Gasteiger partial charge in [0.2, 0.25) is 5.91 Å². The van der Waals surface area contributed by atoms with Crippen LogP contribution < -0.4 is 5.32 Å². The van der Waals surface area contributed by atoms with Gasteiger partial charge < -0.3 is 5.32 Å². The number of allylic oxidation sites excluding steroid dienone is 1. The van der Waals surface area contributed by atoms with Gasteiger partial charge in [-0.1, -0.05) is 11.6 Å². The van der Waals surface area contributed by atoms with Crippen molar-refractivity contribution in [2.24, 2.45) is 0 Å². The summed E-state index contributed by atoms with van der Waals surface area (Å²) in [6.45, 7) is 6.13. The predicted octanol–water partition coefficient (Wildman–Crippen LogP) is 1.09. The van der Waals surface area contributed by atoms with Crippen LogP contribution in [0.25, 0.3) is 0 Å². The average molecular weight is 127 g/mol. The molecule has 0 bridgehead atoms. The van der Waals surface area contributed by atoms with Gasteiger partial charge in [0.1, 0.15) is 0 Å². The zero-order chi connectivity index (χ0) is 7.28. The van der Waals surface area contributed by atoms with Gasteiger partial charge in [-0.25, -0.2) is 0 Å². The number of amides is 1. The van der Waals surface area contributed by atoms with E-state index in [1.54, 1.807) is 0 Å². The predicted molar refractivity (Wildman–Crippen MR) is 38.1 cm³/mol. The normalized spacial score (nSPS) is 11.2. The summed E-state index contributed by atoms with van der Waals surface area (Å²) in [5.74, 6) is 0.0243. The van der Waals surface area contributed by atoms with E-state index in [1.807, 2.05) is 19.9 Å². The fourth-order valence-electron chi connectivity index (χ4n) is 0.366. The molecule has 0 aliphatic heterocycles. The number of carbonyl (C=O) groups excluding carboxylic acids is 1. The zero-order valence-electron chi connectivity index (χ0n) is 6.19. The summed E-state index contributed by atoms with van der Waals surface area (Å²) < 4.78 is 0. The van der Waals surface area contributed by atoms with Crippen molar-refractivity contribution in [2.45, 2.75) is 20.8 Å². The molecule has 0 aliphatic rings. The molecular weight excluding hydrogens is 114 g/mol. The Kier molecular flexibility index (Phi) is 3.76. The lowest BCUT2D eigenvalue weighted by atomic mass is 10.3. The Balaban J connectivity index is 3.39. The Labute approximate surface area is 56.0 Å². The molecule has 0 aromatic carbocycles. The monoisotopic (exact) mass is 127 g/mol. The minimum atomic E-state index is 0.0243. The first-order valence-corrected chi connectivity index (χ1v) is 3.03. The SMILES string of the molecule is CC=C(C)CNC(C)=O. The summed E-state index contributed by atoms with van der Waals surface area (Å²) in [7, 11) is 0. The molecule has 0 heterocycles. The summed E-state index contributed by atoms with van der Waals surface area (Å²) in [5.41, 5.74) is 1.19. The summed E-state index contributed by atoms with van der Waals surface area (Å²) in [5, 5.41) is 2.69. The molecule has 0 spiro atoms. The molecule has 0 atom stereocenters. The highest BCUT2D eigenvalue weighted by atomic mass is 16.1. The van der Waals surface area contributed by atoms with Crippen molar-refractivity contribution in [3.8, 4) is 0 Å². The van der Waals surface area contributed by atoms with Crippen LogP contribution in [0.3, 0.4) is 0 Å². The molecule has 2 nitrogen and oxygen atoms in total. The maximum absolute atomic E-state index is 10.3. The molecule has 0 aromatic rings. The third kappa shape index (κ3) is 5.07. The van der Waals surface area contributed by atoms with E-state index in [4.69, 9.17) is 0 Å². The van der Waals surface area contributed by atoms with Gasteiger partial charge in [0.05, 0.1) is 0 Å². The van der Waals surface area contributed by atoms with Gasteiger partial charge in [0, 0.05) is 13.5 Å². The highest BCUT2D eigenvalue weighted by Gasteiger charge is 1.88. The molecule has 1 amide bonds. The van der Waals surface area contributed by atoms with Crippen LogP contribution in [0.2, 0.25) is 0 Å². The molecule has 0 fully saturated rings. The number of rotatable bonds is 2. The van der Waals surface area contributed by atoms with E-state index in [2.05, 4.69) is 5.32 Å². The Morgan fingerprint density at radius 1 is 1.56 bits per heavy atom. The molecule has 0 aliphatic carbocycles. The molecule has 0 rings (SSSR count). The molecule has 9 heavy (non-hydrogen) atoms. The second kappa shape index (κ2) is 4.13. The molecule has 0 aromatic heterocycles. The van der Waals surface area contributed by atoms with Gasteiger partial charge in [0.25, 0.3) is 0 Å². The molecule has 2 heteroatoms. The van der Waals surface area contributed by atoms with Crippen LogP contribution in [0.1, 0.15) is 20.8 Å². The summed E-state index contributed by atoms with van der Waals surface area (Å²) in [4.78, 5) is 10.3. The van der Waals surface area contributed by atoms with E-state index in [1.165, 1.54) is 12.5 Å². The maximum Gasteiger partial charge on any atom is 0.217 e. The largest absolute Gasteiger partial charge is 0.353 e. The molecule has 0 unspecified atom stereocenters. The van der Waals surface area contributed by atoms with Gasteiger partial charge in [-0.05, 0) is 13.8 Å². The minimum absolute atomic E-state index is 0.0243. The van der Waals surface area contributed by atoms with Gasteiger partial charge in [-0.2, -0.15) is 0 Å². The smallest absolute Gasteiger partial charge is 0.217 e. The van der Waals surface area contributed by atoms with Crippen LogP contribution >= 0.6 is 0 Å². The van der Waals surface area contributed by atoms with Crippen molar-refractivity contribution >= 4 is 5.91 Å². The molecule has 0 saturated carbocycles. The lowest BCUT2D eigenvalue weighted by Gasteiger charge is -1.99. The van der Waals surface area contributed by atoms with Crippen molar-refractivity contribution in [1.29, 1.82) is 0 Å². The van der Waals surface area contributed by atoms with E-state index < -0.39 is 0 Å². The molecule has 1 N–H and O–H groups in total. The highest BCUT2D eigenvalue weighted by molar-refractivity contribution is 5.73. The first kappa shape index (κ1) is 8.21.